The molecule has 0 saturated carbocycles. The predicted molar refractivity (Wildman–Crippen MR) is 104 cm³/mol. The Morgan fingerprint density at radius 1 is 1.19 bits per heavy atom. The van der Waals surface area contributed by atoms with E-state index < -0.39 is 6.17 Å². The van der Waals surface area contributed by atoms with Crippen LogP contribution in [0.2, 0.25) is 10.0 Å². The molecule has 138 valence electrons. The first-order chi connectivity index (χ1) is 12.5. The Morgan fingerprint density at radius 2 is 2.00 bits per heavy atom. The molecule has 1 saturated heterocycles. The van der Waals surface area contributed by atoms with E-state index in [0.29, 0.717) is 29.6 Å². The molecule has 1 amide bonds. The molecule has 1 aliphatic heterocycles. The molecule has 2 aromatic carbocycles. The molecule has 1 fully saturated rings. The zero-order valence-electron chi connectivity index (χ0n) is 14.3. The lowest BCUT2D eigenvalue weighted by atomic mass is 9.92. The molecule has 1 aliphatic rings. The summed E-state index contributed by atoms with van der Waals surface area (Å²) < 4.78 is 13.9. The number of carbonyl (C=O) groups is 1. The van der Waals surface area contributed by atoms with E-state index in [1.54, 1.807) is 12.1 Å². The molecule has 6 heteroatoms. The maximum atomic E-state index is 13.9. The van der Waals surface area contributed by atoms with Crippen LogP contribution in [-0.2, 0) is 11.3 Å². The molecule has 0 radical (unpaired) electrons. The quantitative estimate of drug-likeness (QED) is 0.776. The third kappa shape index (κ3) is 4.76. The van der Waals surface area contributed by atoms with Crippen molar-refractivity contribution in [3.8, 4) is 11.1 Å². The molecule has 0 aliphatic carbocycles. The Labute approximate surface area is 162 Å². The maximum Gasteiger partial charge on any atom is 0.220 e. The van der Waals surface area contributed by atoms with Gasteiger partial charge >= 0.3 is 0 Å². The van der Waals surface area contributed by atoms with Crippen molar-refractivity contribution in [1.82, 2.24) is 10.6 Å². The number of rotatable bonds is 5. The van der Waals surface area contributed by atoms with E-state index in [9.17, 15) is 9.18 Å². The molecule has 1 heterocycles. The second-order valence-electron chi connectivity index (χ2n) is 6.53. The molecular weight excluding hydrogens is 374 g/mol. The highest BCUT2D eigenvalue weighted by atomic mass is 35.5. The van der Waals surface area contributed by atoms with Crippen LogP contribution in [0, 0.1) is 5.92 Å². The Hall–Kier alpha value is -1.62. The molecule has 0 bridgehead atoms. The van der Waals surface area contributed by atoms with Gasteiger partial charge in [0, 0.05) is 41.0 Å². The average Bonchev–Trinajstić information content (AvgIpc) is 2.62. The molecule has 0 spiro atoms. The van der Waals surface area contributed by atoms with Crippen LogP contribution in [0.25, 0.3) is 11.1 Å². The highest BCUT2D eigenvalue weighted by Crippen LogP contribution is 2.32. The fraction of sp³-hybridized carbons (Fsp3) is 0.350. The second kappa shape index (κ2) is 8.85. The molecule has 2 aromatic rings. The SMILES string of the molecule is O=C(CC1CCNCC1F)NCc1ccccc1-c1ccc(Cl)cc1Cl. The normalized spacial score (nSPS) is 20.0. The first kappa shape index (κ1) is 19.2. The van der Waals surface area contributed by atoms with Crippen LogP contribution in [0.1, 0.15) is 18.4 Å². The summed E-state index contributed by atoms with van der Waals surface area (Å²) in [6.07, 6.45) is -0.0622. The monoisotopic (exact) mass is 394 g/mol. The molecule has 3 nitrogen and oxygen atoms in total. The smallest absolute Gasteiger partial charge is 0.220 e. The molecule has 2 unspecified atom stereocenters. The molecule has 0 aromatic heterocycles. The number of nitrogens with one attached hydrogen (secondary N) is 2. The lowest BCUT2D eigenvalue weighted by Gasteiger charge is -2.26. The highest BCUT2D eigenvalue weighted by Gasteiger charge is 2.26. The third-order valence-corrected chi connectivity index (χ3v) is 5.25. The van der Waals surface area contributed by atoms with E-state index in [0.717, 1.165) is 23.2 Å². The van der Waals surface area contributed by atoms with Crippen molar-refractivity contribution in [2.45, 2.75) is 25.6 Å². The number of piperidine rings is 1. The van der Waals surface area contributed by atoms with E-state index in [1.807, 2.05) is 30.3 Å². The fourth-order valence-corrected chi connectivity index (χ4v) is 3.76. The zero-order valence-corrected chi connectivity index (χ0v) is 15.8. The van der Waals surface area contributed by atoms with E-state index in [1.165, 1.54) is 0 Å². The number of carbonyl (C=O) groups excluding carboxylic acids is 1. The highest BCUT2D eigenvalue weighted by molar-refractivity contribution is 6.36. The van der Waals surface area contributed by atoms with Gasteiger partial charge in [-0.15, -0.1) is 0 Å². The molecule has 2 N–H and O–H groups in total. The lowest BCUT2D eigenvalue weighted by Crippen LogP contribution is -2.40. The van der Waals surface area contributed by atoms with E-state index >= 15 is 0 Å². The Balaban J connectivity index is 1.68. The lowest BCUT2D eigenvalue weighted by molar-refractivity contribution is -0.122. The van der Waals surface area contributed by atoms with Gasteiger partial charge in [-0.05, 0) is 36.2 Å². The van der Waals surface area contributed by atoms with E-state index in [2.05, 4.69) is 10.6 Å². The number of amides is 1. The van der Waals surface area contributed by atoms with Crippen LogP contribution in [0.15, 0.2) is 42.5 Å². The molecule has 2 atom stereocenters. The standard InChI is InChI=1S/C20H21Cl2FN2O/c21-15-5-6-17(18(22)10-15)16-4-2-1-3-14(16)11-25-20(26)9-13-7-8-24-12-19(13)23/h1-6,10,13,19,24H,7-9,11-12H2,(H,25,26). The van der Waals surface area contributed by atoms with Crippen LogP contribution in [0.4, 0.5) is 4.39 Å². The Bertz CT molecular complexity index is 784. The van der Waals surface area contributed by atoms with E-state index in [-0.39, 0.29) is 18.2 Å². The molecule has 26 heavy (non-hydrogen) atoms. The maximum absolute atomic E-state index is 13.9. The van der Waals surface area contributed by atoms with Gasteiger partial charge in [0.2, 0.25) is 5.91 Å². The van der Waals surface area contributed by atoms with Crippen molar-refractivity contribution in [3.63, 3.8) is 0 Å². The molecule has 3 rings (SSSR count). The van der Waals surface area contributed by atoms with Crippen molar-refractivity contribution in [1.29, 1.82) is 0 Å². The number of hydrogen-bond acceptors (Lipinski definition) is 2. The minimum atomic E-state index is -0.963. The van der Waals surface area contributed by atoms with Crippen molar-refractivity contribution in [2.24, 2.45) is 5.92 Å². The second-order valence-corrected chi connectivity index (χ2v) is 7.37. The van der Waals surface area contributed by atoms with Gasteiger partial charge in [-0.25, -0.2) is 4.39 Å². The number of benzene rings is 2. The summed E-state index contributed by atoms with van der Waals surface area (Å²) >= 11 is 12.3. The topological polar surface area (TPSA) is 41.1 Å². The Morgan fingerprint density at radius 3 is 2.77 bits per heavy atom. The first-order valence-electron chi connectivity index (χ1n) is 8.69. The minimum Gasteiger partial charge on any atom is -0.352 e. The summed E-state index contributed by atoms with van der Waals surface area (Å²) in [6.45, 7) is 1.46. The van der Waals surface area contributed by atoms with Crippen molar-refractivity contribution < 1.29 is 9.18 Å². The average molecular weight is 395 g/mol. The van der Waals surface area contributed by atoms with Crippen molar-refractivity contribution >= 4 is 29.1 Å². The molecular formula is C20H21Cl2FN2O. The number of hydrogen-bond donors (Lipinski definition) is 2. The summed E-state index contributed by atoms with van der Waals surface area (Å²) in [5.74, 6) is -0.339. The summed E-state index contributed by atoms with van der Waals surface area (Å²) in [5, 5.41) is 7.05. The fourth-order valence-electron chi connectivity index (χ4n) is 3.25. The van der Waals surface area contributed by atoms with Gasteiger partial charge in [0.05, 0.1) is 0 Å². The predicted octanol–water partition coefficient (Wildman–Crippen LogP) is 4.61. The Kier molecular flexibility index (Phi) is 6.52. The summed E-state index contributed by atoms with van der Waals surface area (Å²) in [7, 11) is 0. The van der Waals surface area contributed by atoms with Gasteiger partial charge < -0.3 is 10.6 Å². The van der Waals surface area contributed by atoms with Gasteiger partial charge in [0.1, 0.15) is 6.17 Å². The summed E-state index contributed by atoms with van der Waals surface area (Å²) in [5.41, 5.74) is 2.76. The van der Waals surface area contributed by atoms with Gasteiger partial charge in [-0.2, -0.15) is 0 Å². The number of halogens is 3. The minimum absolute atomic E-state index is 0.128. The van der Waals surface area contributed by atoms with Crippen LogP contribution in [0.3, 0.4) is 0 Å². The summed E-state index contributed by atoms with van der Waals surface area (Å²) in [6, 6.07) is 13.1. The van der Waals surface area contributed by atoms with E-state index in [4.69, 9.17) is 23.2 Å². The van der Waals surface area contributed by atoms with Gasteiger partial charge in [0.25, 0.3) is 0 Å². The van der Waals surface area contributed by atoms with Crippen LogP contribution in [-0.4, -0.2) is 25.2 Å². The largest absolute Gasteiger partial charge is 0.352 e. The first-order valence-corrected chi connectivity index (χ1v) is 9.45. The number of alkyl halides is 1. The summed E-state index contributed by atoms with van der Waals surface area (Å²) in [4.78, 5) is 12.2. The van der Waals surface area contributed by atoms with Crippen LogP contribution in [0.5, 0.6) is 0 Å². The van der Waals surface area contributed by atoms with Crippen LogP contribution < -0.4 is 10.6 Å². The zero-order chi connectivity index (χ0) is 18.5. The van der Waals surface area contributed by atoms with Gasteiger partial charge in [-0.1, -0.05) is 53.5 Å². The van der Waals surface area contributed by atoms with Crippen molar-refractivity contribution in [2.75, 3.05) is 13.1 Å². The van der Waals surface area contributed by atoms with Gasteiger partial charge in [-0.3, -0.25) is 4.79 Å². The van der Waals surface area contributed by atoms with Crippen molar-refractivity contribution in [3.05, 3.63) is 58.1 Å². The van der Waals surface area contributed by atoms with Gasteiger partial charge in [0.15, 0.2) is 0 Å². The third-order valence-electron chi connectivity index (χ3n) is 4.71. The van der Waals surface area contributed by atoms with Crippen LogP contribution >= 0.6 is 23.2 Å².